The zero-order chi connectivity index (χ0) is 22.9. The van der Waals surface area contributed by atoms with Crippen molar-refractivity contribution < 1.29 is 35.2 Å². The maximum Gasteiger partial charge on any atom is 0.498 e. The molecule has 0 spiro atoms. The highest BCUT2D eigenvalue weighted by Gasteiger charge is 2.14. The van der Waals surface area contributed by atoms with E-state index in [1.807, 2.05) is 0 Å². The molecule has 0 aliphatic heterocycles. The molecule has 0 amide bonds. The van der Waals surface area contributed by atoms with Gasteiger partial charge in [0.2, 0.25) is 0 Å². The summed E-state index contributed by atoms with van der Waals surface area (Å²) in [6, 6.07) is 6.75. The SMILES string of the molecule is Cn1c(C=Cc2cc(O)c(O)c(O)c2)cc(C=Cc2cc(O)c(O)c(O)c2)[n+](C)c1=O. The highest BCUT2D eigenvalue weighted by atomic mass is 16.3. The van der Waals surface area contributed by atoms with Crippen LogP contribution in [0.2, 0.25) is 0 Å². The number of benzene rings is 2. The van der Waals surface area contributed by atoms with Gasteiger partial charge in [0.05, 0.1) is 14.1 Å². The summed E-state index contributed by atoms with van der Waals surface area (Å²) in [5.41, 5.74) is 1.49. The Bertz CT molecular complexity index is 1150. The van der Waals surface area contributed by atoms with Gasteiger partial charge in [-0.1, -0.05) is 12.2 Å². The second-order valence-electron chi connectivity index (χ2n) is 6.88. The number of phenolic OH excluding ortho intramolecular Hbond substituents is 6. The summed E-state index contributed by atoms with van der Waals surface area (Å²) >= 11 is 0. The fourth-order valence-corrected chi connectivity index (χ4v) is 2.92. The molecule has 0 unspecified atom stereocenters. The maximum absolute atomic E-state index is 12.6. The van der Waals surface area contributed by atoms with Gasteiger partial charge in [-0.15, -0.1) is 0 Å². The second kappa shape index (κ2) is 8.15. The van der Waals surface area contributed by atoms with E-state index >= 15 is 0 Å². The Hall–Kier alpha value is -4.40. The fourth-order valence-electron chi connectivity index (χ4n) is 2.92. The molecule has 0 radical (unpaired) electrons. The van der Waals surface area contributed by atoms with Crippen LogP contribution in [0.1, 0.15) is 22.5 Å². The van der Waals surface area contributed by atoms with Crippen LogP contribution in [0.3, 0.4) is 0 Å². The van der Waals surface area contributed by atoms with Crippen molar-refractivity contribution in [1.29, 1.82) is 0 Å². The van der Waals surface area contributed by atoms with Crippen LogP contribution in [0.15, 0.2) is 35.1 Å². The molecular formula is C22H21N2O7+. The molecule has 160 valence electrons. The summed E-state index contributed by atoms with van der Waals surface area (Å²) < 4.78 is 2.79. The summed E-state index contributed by atoms with van der Waals surface area (Å²) in [5, 5.41) is 57.4. The number of phenols is 6. The summed E-state index contributed by atoms with van der Waals surface area (Å²) in [4.78, 5) is 12.6. The van der Waals surface area contributed by atoms with Crippen molar-refractivity contribution in [1.82, 2.24) is 4.57 Å². The van der Waals surface area contributed by atoms with Crippen LogP contribution in [0, 0.1) is 0 Å². The minimum atomic E-state index is -0.616. The van der Waals surface area contributed by atoms with E-state index in [2.05, 4.69) is 0 Å². The zero-order valence-electron chi connectivity index (χ0n) is 16.7. The first kappa shape index (κ1) is 21.3. The number of aromatic nitrogens is 2. The lowest BCUT2D eigenvalue weighted by Gasteiger charge is -2.05. The average Bonchev–Trinajstić information content (AvgIpc) is 2.72. The van der Waals surface area contributed by atoms with Gasteiger partial charge in [-0.3, -0.25) is 0 Å². The third kappa shape index (κ3) is 4.30. The van der Waals surface area contributed by atoms with Gasteiger partial charge in [0, 0.05) is 6.07 Å². The Morgan fingerprint density at radius 3 is 1.58 bits per heavy atom. The Morgan fingerprint density at radius 2 is 1.13 bits per heavy atom. The molecule has 3 rings (SSSR count). The number of nitrogens with zero attached hydrogens (tertiary/aromatic N) is 2. The molecule has 9 heteroatoms. The Morgan fingerprint density at radius 1 is 0.710 bits per heavy atom. The highest BCUT2D eigenvalue weighted by Crippen LogP contribution is 2.36. The molecule has 0 saturated heterocycles. The second-order valence-corrected chi connectivity index (χ2v) is 6.88. The van der Waals surface area contributed by atoms with Crippen molar-refractivity contribution in [2.24, 2.45) is 14.1 Å². The third-order valence-corrected chi connectivity index (χ3v) is 4.72. The van der Waals surface area contributed by atoms with E-state index in [1.165, 1.54) is 33.4 Å². The minimum Gasteiger partial charge on any atom is -0.504 e. The van der Waals surface area contributed by atoms with Gasteiger partial charge < -0.3 is 30.6 Å². The van der Waals surface area contributed by atoms with Gasteiger partial charge in [-0.25, -0.2) is 0 Å². The molecule has 1 heterocycles. The van der Waals surface area contributed by atoms with Crippen molar-refractivity contribution in [3.63, 3.8) is 0 Å². The van der Waals surface area contributed by atoms with Gasteiger partial charge in [0.1, 0.15) is 11.4 Å². The monoisotopic (exact) mass is 425 g/mol. The van der Waals surface area contributed by atoms with Crippen molar-refractivity contribution in [3.8, 4) is 34.5 Å². The molecule has 0 atom stereocenters. The van der Waals surface area contributed by atoms with Crippen LogP contribution in [-0.4, -0.2) is 35.2 Å². The first-order valence-corrected chi connectivity index (χ1v) is 9.04. The van der Waals surface area contributed by atoms with Gasteiger partial charge in [-0.2, -0.15) is 13.9 Å². The average molecular weight is 425 g/mol. The highest BCUT2D eigenvalue weighted by molar-refractivity contribution is 5.74. The van der Waals surface area contributed by atoms with E-state index in [0.717, 1.165) is 0 Å². The molecule has 1 aromatic heterocycles. The maximum atomic E-state index is 12.6. The van der Waals surface area contributed by atoms with E-state index in [1.54, 1.807) is 44.5 Å². The summed E-state index contributed by atoms with van der Waals surface area (Å²) in [7, 11) is 3.16. The fraction of sp³-hybridized carbons (Fsp3) is 0.0909. The molecule has 0 saturated carbocycles. The van der Waals surface area contributed by atoms with Crippen molar-refractivity contribution in [2.45, 2.75) is 0 Å². The molecule has 0 bridgehead atoms. The minimum absolute atomic E-state index is 0.324. The number of hydrogen-bond acceptors (Lipinski definition) is 7. The molecular weight excluding hydrogens is 404 g/mol. The normalized spacial score (nSPS) is 11.5. The van der Waals surface area contributed by atoms with Gasteiger partial charge in [0.15, 0.2) is 34.5 Å². The standard InChI is InChI=1S/C22H20N2O7/c1-23-14(5-3-12-7-16(25)20(29)17(26)8-12)11-15(24(2)22(23)31)6-4-13-9-18(27)21(30)19(28)10-13/h3-11H,1-2H3,(H5,25,26,27,28,29,30)/p+1. The number of aromatic hydroxyl groups is 6. The Balaban J connectivity index is 2.00. The van der Waals surface area contributed by atoms with E-state index in [4.69, 9.17) is 0 Å². The first-order valence-electron chi connectivity index (χ1n) is 9.04. The summed E-state index contributed by atoms with van der Waals surface area (Å²) in [6.45, 7) is 0. The predicted molar refractivity (Wildman–Crippen MR) is 114 cm³/mol. The van der Waals surface area contributed by atoms with Crippen LogP contribution < -0.4 is 10.3 Å². The lowest BCUT2D eigenvalue weighted by atomic mass is 10.1. The van der Waals surface area contributed by atoms with Gasteiger partial charge in [-0.05, 0) is 47.5 Å². The topological polar surface area (TPSA) is 147 Å². The van der Waals surface area contributed by atoms with Crippen LogP contribution in [0.4, 0.5) is 0 Å². The van der Waals surface area contributed by atoms with Crippen LogP contribution in [-0.2, 0) is 14.1 Å². The zero-order valence-corrected chi connectivity index (χ0v) is 16.7. The van der Waals surface area contributed by atoms with Crippen molar-refractivity contribution in [3.05, 3.63) is 63.3 Å². The Labute approximate surface area is 176 Å². The largest absolute Gasteiger partial charge is 0.504 e. The summed E-state index contributed by atoms with van der Waals surface area (Å²) in [6.07, 6.45) is 6.30. The molecule has 6 N–H and O–H groups in total. The van der Waals surface area contributed by atoms with Crippen LogP contribution >= 0.6 is 0 Å². The Kier molecular flexibility index (Phi) is 5.60. The van der Waals surface area contributed by atoms with E-state index in [-0.39, 0.29) is 5.69 Å². The molecule has 3 aromatic rings. The van der Waals surface area contributed by atoms with Gasteiger partial charge >= 0.3 is 5.69 Å². The predicted octanol–water partition coefficient (Wildman–Crippen LogP) is 1.78. The summed E-state index contributed by atoms with van der Waals surface area (Å²) in [5.74, 6) is -3.13. The molecule has 0 aliphatic rings. The smallest absolute Gasteiger partial charge is 0.498 e. The van der Waals surface area contributed by atoms with Crippen molar-refractivity contribution in [2.75, 3.05) is 0 Å². The quantitative estimate of drug-likeness (QED) is 0.276. The lowest BCUT2D eigenvalue weighted by molar-refractivity contribution is -0.692. The first-order chi connectivity index (χ1) is 14.6. The van der Waals surface area contributed by atoms with E-state index in [0.29, 0.717) is 22.5 Å². The van der Waals surface area contributed by atoms with Gasteiger partial charge in [0.25, 0.3) is 0 Å². The third-order valence-electron chi connectivity index (χ3n) is 4.72. The molecule has 2 aromatic carbocycles. The number of hydrogen-bond donors (Lipinski definition) is 6. The molecule has 9 nitrogen and oxygen atoms in total. The van der Waals surface area contributed by atoms with Crippen LogP contribution in [0.5, 0.6) is 34.5 Å². The van der Waals surface area contributed by atoms with Crippen molar-refractivity contribution >= 4 is 24.3 Å². The number of rotatable bonds is 4. The van der Waals surface area contributed by atoms with Crippen LogP contribution in [0.25, 0.3) is 24.3 Å². The molecule has 0 aliphatic carbocycles. The molecule has 31 heavy (non-hydrogen) atoms. The van der Waals surface area contributed by atoms with E-state index < -0.39 is 34.5 Å². The molecule has 0 fully saturated rings. The lowest BCUT2D eigenvalue weighted by Crippen LogP contribution is -2.53. The van der Waals surface area contributed by atoms with E-state index in [9.17, 15) is 35.4 Å².